The largest absolute Gasteiger partial charge is 0.367 e. The summed E-state index contributed by atoms with van der Waals surface area (Å²) in [6.07, 6.45) is 0. The van der Waals surface area contributed by atoms with Crippen LogP contribution in [-0.2, 0) is 0 Å². The van der Waals surface area contributed by atoms with Crippen LogP contribution in [0, 0.1) is 18.8 Å². The molecule has 0 saturated carbocycles. The number of nitrogens with two attached hydrogens (primary N) is 1. The van der Waals surface area contributed by atoms with Crippen LogP contribution in [0.3, 0.4) is 0 Å². The SMILES string of the molecule is Cc1ccc(C(N)=O)c(N2CC3CNCC3C2C)c1. The number of nitrogens with zero attached hydrogens (tertiary/aromatic N) is 1. The van der Waals surface area contributed by atoms with Gasteiger partial charge in [-0.1, -0.05) is 6.07 Å². The molecule has 0 aliphatic carbocycles. The molecule has 2 fully saturated rings. The molecule has 2 saturated heterocycles. The van der Waals surface area contributed by atoms with E-state index in [4.69, 9.17) is 5.73 Å². The fraction of sp³-hybridized carbons (Fsp3) is 0.533. The van der Waals surface area contributed by atoms with Gasteiger partial charge in [0, 0.05) is 25.7 Å². The minimum Gasteiger partial charge on any atom is -0.367 e. The van der Waals surface area contributed by atoms with E-state index in [-0.39, 0.29) is 5.91 Å². The Morgan fingerprint density at radius 3 is 2.89 bits per heavy atom. The number of benzene rings is 1. The van der Waals surface area contributed by atoms with E-state index in [1.807, 2.05) is 12.1 Å². The fourth-order valence-corrected chi connectivity index (χ4v) is 3.57. The second kappa shape index (κ2) is 4.53. The Labute approximate surface area is 114 Å². The third-order valence-electron chi connectivity index (χ3n) is 4.66. The molecule has 2 heterocycles. The second-order valence-electron chi connectivity index (χ2n) is 5.86. The first-order valence-corrected chi connectivity index (χ1v) is 6.95. The monoisotopic (exact) mass is 259 g/mol. The first kappa shape index (κ1) is 12.5. The van der Waals surface area contributed by atoms with Crippen molar-refractivity contribution in [1.82, 2.24) is 5.32 Å². The van der Waals surface area contributed by atoms with E-state index in [0.717, 1.165) is 25.3 Å². The molecule has 19 heavy (non-hydrogen) atoms. The van der Waals surface area contributed by atoms with Gasteiger partial charge in [0.05, 0.1) is 11.3 Å². The van der Waals surface area contributed by atoms with Crippen LogP contribution in [0.2, 0.25) is 0 Å². The van der Waals surface area contributed by atoms with Gasteiger partial charge in [0.25, 0.3) is 5.91 Å². The number of rotatable bonds is 2. The van der Waals surface area contributed by atoms with E-state index < -0.39 is 0 Å². The van der Waals surface area contributed by atoms with Crippen molar-refractivity contribution in [2.45, 2.75) is 19.9 Å². The molecule has 2 aliphatic rings. The van der Waals surface area contributed by atoms with Crippen LogP contribution < -0.4 is 16.0 Å². The lowest BCUT2D eigenvalue weighted by Crippen LogP contribution is -2.34. The number of hydrogen-bond donors (Lipinski definition) is 2. The number of amides is 1. The lowest BCUT2D eigenvalue weighted by Gasteiger charge is -2.28. The Kier molecular flexibility index (Phi) is 2.97. The molecule has 3 unspecified atom stereocenters. The van der Waals surface area contributed by atoms with Crippen LogP contribution in [0.25, 0.3) is 0 Å². The Hall–Kier alpha value is -1.55. The van der Waals surface area contributed by atoms with Crippen LogP contribution in [0.15, 0.2) is 18.2 Å². The van der Waals surface area contributed by atoms with Gasteiger partial charge in [-0.15, -0.1) is 0 Å². The Bertz CT molecular complexity index is 514. The molecule has 4 nitrogen and oxygen atoms in total. The summed E-state index contributed by atoms with van der Waals surface area (Å²) in [4.78, 5) is 14.0. The van der Waals surface area contributed by atoms with Gasteiger partial charge in [0.1, 0.15) is 0 Å². The van der Waals surface area contributed by atoms with Crippen molar-refractivity contribution in [1.29, 1.82) is 0 Å². The molecule has 3 N–H and O–H groups in total. The summed E-state index contributed by atoms with van der Waals surface area (Å²) >= 11 is 0. The molecule has 0 aromatic heterocycles. The van der Waals surface area contributed by atoms with Crippen molar-refractivity contribution in [2.24, 2.45) is 17.6 Å². The standard InChI is InChI=1S/C15H21N3O/c1-9-3-4-12(15(16)19)14(5-9)18-8-11-6-17-7-13(11)10(18)2/h3-5,10-11,13,17H,6-8H2,1-2H3,(H2,16,19). The van der Waals surface area contributed by atoms with Crippen molar-refractivity contribution < 1.29 is 4.79 Å². The highest BCUT2D eigenvalue weighted by Crippen LogP contribution is 2.37. The van der Waals surface area contributed by atoms with Gasteiger partial charge in [0.15, 0.2) is 0 Å². The van der Waals surface area contributed by atoms with Crippen molar-refractivity contribution in [3.8, 4) is 0 Å². The maximum absolute atomic E-state index is 11.6. The molecule has 0 radical (unpaired) electrons. The molecule has 3 atom stereocenters. The predicted molar refractivity (Wildman–Crippen MR) is 76.4 cm³/mol. The summed E-state index contributed by atoms with van der Waals surface area (Å²) < 4.78 is 0. The zero-order valence-electron chi connectivity index (χ0n) is 11.5. The number of primary amides is 1. The quantitative estimate of drug-likeness (QED) is 0.837. The molecule has 4 heteroatoms. The molecule has 1 aromatic carbocycles. The minimum atomic E-state index is -0.336. The number of carbonyl (C=O) groups is 1. The Morgan fingerprint density at radius 1 is 1.42 bits per heavy atom. The smallest absolute Gasteiger partial charge is 0.250 e. The molecular formula is C15H21N3O. The van der Waals surface area contributed by atoms with Gasteiger partial charge in [-0.2, -0.15) is 0 Å². The van der Waals surface area contributed by atoms with E-state index >= 15 is 0 Å². The first-order valence-electron chi connectivity index (χ1n) is 6.95. The Morgan fingerprint density at radius 2 is 2.21 bits per heavy atom. The van der Waals surface area contributed by atoms with Gasteiger partial charge >= 0.3 is 0 Å². The van der Waals surface area contributed by atoms with Gasteiger partial charge in [0.2, 0.25) is 0 Å². The van der Waals surface area contributed by atoms with Gasteiger partial charge in [-0.25, -0.2) is 0 Å². The zero-order valence-corrected chi connectivity index (χ0v) is 11.5. The molecule has 0 bridgehead atoms. The van der Waals surface area contributed by atoms with Gasteiger partial charge in [-0.3, -0.25) is 4.79 Å². The number of hydrogen-bond acceptors (Lipinski definition) is 3. The molecule has 1 aromatic rings. The average Bonchev–Trinajstić information content (AvgIpc) is 2.92. The van der Waals surface area contributed by atoms with E-state index in [1.165, 1.54) is 5.56 Å². The van der Waals surface area contributed by atoms with E-state index in [1.54, 1.807) is 0 Å². The zero-order chi connectivity index (χ0) is 13.6. The van der Waals surface area contributed by atoms with E-state index in [2.05, 4.69) is 30.1 Å². The average molecular weight is 259 g/mol. The maximum atomic E-state index is 11.6. The minimum absolute atomic E-state index is 0.336. The summed E-state index contributed by atoms with van der Waals surface area (Å²) in [7, 11) is 0. The highest BCUT2D eigenvalue weighted by Gasteiger charge is 2.42. The number of fused-ring (bicyclic) bond motifs is 1. The summed E-state index contributed by atoms with van der Waals surface area (Å²) in [5.41, 5.74) is 8.34. The van der Waals surface area contributed by atoms with Crippen LogP contribution in [0.5, 0.6) is 0 Å². The maximum Gasteiger partial charge on any atom is 0.250 e. The number of carbonyl (C=O) groups excluding carboxylic acids is 1. The van der Waals surface area contributed by atoms with E-state index in [9.17, 15) is 4.79 Å². The molecule has 102 valence electrons. The highest BCUT2D eigenvalue weighted by atomic mass is 16.1. The molecule has 0 spiro atoms. The second-order valence-corrected chi connectivity index (χ2v) is 5.86. The third kappa shape index (κ3) is 2.00. The number of anilines is 1. The first-order chi connectivity index (χ1) is 9.08. The molecule has 2 aliphatic heterocycles. The fourth-order valence-electron chi connectivity index (χ4n) is 3.57. The molecule has 3 rings (SSSR count). The lowest BCUT2D eigenvalue weighted by atomic mass is 9.95. The summed E-state index contributed by atoms with van der Waals surface area (Å²) in [6.45, 7) is 7.49. The summed E-state index contributed by atoms with van der Waals surface area (Å²) in [5.74, 6) is 1.04. The lowest BCUT2D eigenvalue weighted by molar-refractivity contribution is 0.100. The summed E-state index contributed by atoms with van der Waals surface area (Å²) in [5, 5.41) is 3.46. The normalized spacial score (nSPS) is 29.6. The predicted octanol–water partition coefficient (Wildman–Crippen LogP) is 1.14. The summed E-state index contributed by atoms with van der Waals surface area (Å²) in [6, 6.07) is 6.35. The highest BCUT2D eigenvalue weighted by molar-refractivity contribution is 5.99. The van der Waals surface area contributed by atoms with Crippen LogP contribution in [-0.4, -0.2) is 31.6 Å². The topological polar surface area (TPSA) is 58.4 Å². The van der Waals surface area contributed by atoms with Crippen molar-refractivity contribution in [2.75, 3.05) is 24.5 Å². The van der Waals surface area contributed by atoms with Crippen molar-refractivity contribution in [3.63, 3.8) is 0 Å². The van der Waals surface area contributed by atoms with E-state index in [0.29, 0.717) is 23.4 Å². The molecule has 1 amide bonds. The van der Waals surface area contributed by atoms with Crippen LogP contribution >= 0.6 is 0 Å². The van der Waals surface area contributed by atoms with Gasteiger partial charge < -0.3 is 16.0 Å². The third-order valence-corrected chi connectivity index (χ3v) is 4.66. The number of aryl methyl sites for hydroxylation is 1. The van der Waals surface area contributed by atoms with Crippen molar-refractivity contribution >= 4 is 11.6 Å². The Balaban J connectivity index is 1.98. The van der Waals surface area contributed by atoms with Crippen LogP contribution in [0.4, 0.5) is 5.69 Å². The van der Waals surface area contributed by atoms with Crippen molar-refractivity contribution in [3.05, 3.63) is 29.3 Å². The molecular weight excluding hydrogens is 238 g/mol. The van der Waals surface area contributed by atoms with Crippen LogP contribution in [0.1, 0.15) is 22.8 Å². The number of nitrogens with one attached hydrogen (secondary N) is 1. The van der Waals surface area contributed by atoms with Gasteiger partial charge in [-0.05, 0) is 43.4 Å².